The number of halogens is 1. The lowest BCUT2D eigenvalue weighted by Gasteiger charge is -2.12. The van der Waals surface area contributed by atoms with E-state index < -0.39 is 6.09 Å². The molecule has 2 aromatic carbocycles. The first kappa shape index (κ1) is 18.6. The number of nitrogens with one attached hydrogen (secondary N) is 2. The number of carbonyl (C=O) groups excluding carboxylic acids is 2. The SMILES string of the molecule is COC(=O)Nc1ccc(OCC(=O)Nc2c(C)cc(C)cc2Cl)cc1. The molecule has 132 valence electrons. The minimum atomic E-state index is -0.557. The Morgan fingerprint density at radius 2 is 1.76 bits per heavy atom. The Morgan fingerprint density at radius 3 is 2.36 bits per heavy atom. The molecule has 2 aromatic rings. The lowest BCUT2D eigenvalue weighted by atomic mass is 10.1. The second kappa shape index (κ2) is 8.39. The first-order valence-electron chi connectivity index (χ1n) is 7.53. The smallest absolute Gasteiger partial charge is 0.411 e. The number of amides is 2. The van der Waals surface area contributed by atoms with Crippen molar-refractivity contribution >= 4 is 35.0 Å². The predicted octanol–water partition coefficient (Wildman–Crippen LogP) is 4.15. The van der Waals surface area contributed by atoms with Crippen molar-refractivity contribution in [1.82, 2.24) is 0 Å². The van der Waals surface area contributed by atoms with Crippen molar-refractivity contribution in [3.8, 4) is 5.75 Å². The van der Waals surface area contributed by atoms with Gasteiger partial charge in [-0.15, -0.1) is 0 Å². The minimum Gasteiger partial charge on any atom is -0.484 e. The van der Waals surface area contributed by atoms with Crippen molar-refractivity contribution in [2.75, 3.05) is 24.4 Å². The van der Waals surface area contributed by atoms with E-state index in [9.17, 15) is 9.59 Å². The minimum absolute atomic E-state index is 0.159. The Morgan fingerprint density at radius 1 is 1.08 bits per heavy atom. The zero-order chi connectivity index (χ0) is 18.4. The van der Waals surface area contributed by atoms with Gasteiger partial charge in [-0.1, -0.05) is 17.7 Å². The molecule has 0 fully saturated rings. The molecule has 0 aliphatic heterocycles. The zero-order valence-corrected chi connectivity index (χ0v) is 14.9. The van der Waals surface area contributed by atoms with E-state index in [0.717, 1.165) is 11.1 Å². The third-order valence-corrected chi connectivity index (χ3v) is 3.65. The Hall–Kier alpha value is -2.73. The van der Waals surface area contributed by atoms with E-state index in [4.69, 9.17) is 16.3 Å². The fourth-order valence-corrected chi connectivity index (χ4v) is 2.57. The summed E-state index contributed by atoms with van der Waals surface area (Å²) in [5, 5.41) is 5.76. The van der Waals surface area contributed by atoms with E-state index in [-0.39, 0.29) is 12.5 Å². The van der Waals surface area contributed by atoms with Crippen molar-refractivity contribution in [2.24, 2.45) is 0 Å². The van der Waals surface area contributed by atoms with Gasteiger partial charge < -0.3 is 14.8 Å². The van der Waals surface area contributed by atoms with Gasteiger partial charge in [-0.3, -0.25) is 10.1 Å². The molecule has 0 heterocycles. The summed E-state index contributed by atoms with van der Waals surface area (Å²) < 4.78 is 9.93. The lowest BCUT2D eigenvalue weighted by Crippen LogP contribution is -2.21. The molecule has 0 spiro atoms. The fraction of sp³-hybridized carbons (Fsp3) is 0.222. The van der Waals surface area contributed by atoms with Crippen LogP contribution in [-0.2, 0) is 9.53 Å². The van der Waals surface area contributed by atoms with E-state index in [0.29, 0.717) is 22.1 Å². The van der Waals surface area contributed by atoms with Crippen molar-refractivity contribution in [1.29, 1.82) is 0 Å². The van der Waals surface area contributed by atoms with Crippen LogP contribution in [0.4, 0.5) is 16.2 Å². The molecule has 2 amide bonds. The van der Waals surface area contributed by atoms with E-state index in [2.05, 4.69) is 15.4 Å². The Labute approximate surface area is 151 Å². The summed E-state index contributed by atoms with van der Waals surface area (Å²) in [5.74, 6) is 0.183. The van der Waals surface area contributed by atoms with Gasteiger partial charge in [0.15, 0.2) is 6.61 Å². The maximum atomic E-state index is 12.1. The van der Waals surface area contributed by atoms with Crippen LogP contribution in [0.15, 0.2) is 36.4 Å². The van der Waals surface area contributed by atoms with Crippen LogP contribution in [0.3, 0.4) is 0 Å². The van der Waals surface area contributed by atoms with E-state index in [1.807, 2.05) is 19.9 Å². The van der Waals surface area contributed by atoms with Gasteiger partial charge in [0.25, 0.3) is 5.91 Å². The number of anilines is 2. The summed E-state index contributed by atoms with van der Waals surface area (Å²) >= 11 is 6.17. The van der Waals surface area contributed by atoms with Crippen LogP contribution in [0.2, 0.25) is 5.02 Å². The molecule has 0 unspecified atom stereocenters. The summed E-state index contributed by atoms with van der Waals surface area (Å²) in [6.45, 7) is 3.65. The van der Waals surface area contributed by atoms with Gasteiger partial charge in [0.05, 0.1) is 17.8 Å². The average Bonchev–Trinajstić information content (AvgIpc) is 2.57. The van der Waals surface area contributed by atoms with Gasteiger partial charge in [0.1, 0.15) is 5.75 Å². The van der Waals surface area contributed by atoms with Crippen molar-refractivity contribution in [3.05, 3.63) is 52.5 Å². The Balaban J connectivity index is 1.91. The topological polar surface area (TPSA) is 76.7 Å². The second-order valence-electron chi connectivity index (χ2n) is 5.42. The van der Waals surface area contributed by atoms with Gasteiger partial charge in [-0.2, -0.15) is 0 Å². The highest BCUT2D eigenvalue weighted by molar-refractivity contribution is 6.34. The molecule has 0 aromatic heterocycles. The third kappa shape index (κ3) is 5.39. The molecular formula is C18H19ClN2O4. The molecule has 0 aliphatic carbocycles. The first-order valence-corrected chi connectivity index (χ1v) is 7.91. The van der Waals surface area contributed by atoms with E-state index >= 15 is 0 Å². The molecule has 2 rings (SSSR count). The highest BCUT2D eigenvalue weighted by atomic mass is 35.5. The number of ether oxygens (including phenoxy) is 2. The van der Waals surface area contributed by atoms with Gasteiger partial charge in [-0.25, -0.2) is 4.79 Å². The molecule has 0 aliphatic rings. The van der Waals surface area contributed by atoms with Crippen molar-refractivity contribution in [3.63, 3.8) is 0 Å². The van der Waals surface area contributed by atoms with Crippen molar-refractivity contribution in [2.45, 2.75) is 13.8 Å². The molecular weight excluding hydrogens is 344 g/mol. The Bertz CT molecular complexity index is 752. The highest BCUT2D eigenvalue weighted by Crippen LogP contribution is 2.27. The highest BCUT2D eigenvalue weighted by Gasteiger charge is 2.10. The summed E-state index contributed by atoms with van der Waals surface area (Å²) in [6, 6.07) is 10.3. The van der Waals surface area contributed by atoms with Crippen LogP contribution in [0.5, 0.6) is 5.75 Å². The monoisotopic (exact) mass is 362 g/mol. The fourth-order valence-electron chi connectivity index (χ4n) is 2.20. The molecule has 0 atom stereocenters. The largest absolute Gasteiger partial charge is 0.484 e. The van der Waals surface area contributed by atoms with E-state index in [1.165, 1.54) is 7.11 Å². The maximum Gasteiger partial charge on any atom is 0.411 e. The molecule has 25 heavy (non-hydrogen) atoms. The summed E-state index contributed by atoms with van der Waals surface area (Å²) in [6.07, 6.45) is -0.557. The molecule has 0 saturated heterocycles. The maximum absolute atomic E-state index is 12.1. The van der Waals surface area contributed by atoms with Crippen LogP contribution >= 0.6 is 11.6 Å². The summed E-state index contributed by atoms with van der Waals surface area (Å²) in [4.78, 5) is 23.2. The number of hydrogen-bond donors (Lipinski definition) is 2. The lowest BCUT2D eigenvalue weighted by molar-refractivity contribution is -0.118. The number of benzene rings is 2. The molecule has 0 radical (unpaired) electrons. The standard InChI is InChI=1S/C18H19ClN2O4/c1-11-8-12(2)17(15(19)9-11)21-16(22)10-25-14-6-4-13(5-7-14)20-18(23)24-3/h4-9H,10H2,1-3H3,(H,20,23)(H,21,22). The quantitative estimate of drug-likeness (QED) is 0.837. The van der Waals surface area contributed by atoms with Gasteiger partial charge in [0.2, 0.25) is 0 Å². The van der Waals surface area contributed by atoms with Crippen molar-refractivity contribution < 1.29 is 19.1 Å². The summed E-state index contributed by atoms with van der Waals surface area (Å²) in [7, 11) is 1.29. The summed E-state index contributed by atoms with van der Waals surface area (Å²) in [5.41, 5.74) is 3.05. The van der Waals surface area contributed by atoms with Gasteiger partial charge in [-0.05, 0) is 55.3 Å². The third-order valence-electron chi connectivity index (χ3n) is 3.35. The second-order valence-corrected chi connectivity index (χ2v) is 5.82. The molecule has 2 N–H and O–H groups in total. The number of aryl methyl sites for hydroxylation is 2. The normalized spacial score (nSPS) is 10.1. The van der Waals surface area contributed by atoms with Crippen LogP contribution in [0, 0.1) is 13.8 Å². The number of methoxy groups -OCH3 is 1. The molecule has 0 bridgehead atoms. The number of carbonyl (C=O) groups is 2. The predicted molar refractivity (Wildman–Crippen MR) is 97.5 cm³/mol. The van der Waals surface area contributed by atoms with Gasteiger partial charge in [0, 0.05) is 5.69 Å². The van der Waals surface area contributed by atoms with Crippen LogP contribution in [0.25, 0.3) is 0 Å². The molecule has 0 saturated carbocycles. The van der Waals surface area contributed by atoms with Crippen LogP contribution in [0.1, 0.15) is 11.1 Å². The van der Waals surface area contributed by atoms with Crippen LogP contribution < -0.4 is 15.4 Å². The average molecular weight is 363 g/mol. The number of hydrogen-bond acceptors (Lipinski definition) is 4. The van der Waals surface area contributed by atoms with E-state index in [1.54, 1.807) is 30.3 Å². The molecule has 7 heteroatoms. The number of rotatable bonds is 5. The molecule has 6 nitrogen and oxygen atoms in total. The van der Waals surface area contributed by atoms with Gasteiger partial charge >= 0.3 is 6.09 Å². The first-order chi connectivity index (χ1) is 11.9. The Kier molecular flexibility index (Phi) is 6.25. The zero-order valence-electron chi connectivity index (χ0n) is 14.2. The van der Waals surface area contributed by atoms with Crippen LogP contribution in [-0.4, -0.2) is 25.7 Å².